The topological polar surface area (TPSA) is 61.5 Å². The largest absolute Gasteiger partial charge is 0.492 e. The van der Waals surface area contributed by atoms with Gasteiger partial charge in [-0.25, -0.2) is 0 Å². The number of benzene rings is 1. The summed E-state index contributed by atoms with van der Waals surface area (Å²) in [6, 6.07) is 4.04. The van der Waals surface area contributed by atoms with E-state index in [1.807, 2.05) is 26.0 Å². The summed E-state index contributed by atoms with van der Waals surface area (Å²) in [6.45, 7) is 3.89. The quantitative estimate of drug-likeness (QED) is 0.768. The first-order chi connectivity index (χ1) is 10.0. The molecule has 4 rings (SSSR count). The van der Waals surface area contributed by atoms with Crippen molar-refractivity contribution >= 4 is 21.9 Å². The molecule has 2 aromatic heterocycles. The molecule has 0 unspecified atom stereocenters. The molecule has 0 atom stereocenters. The summed E-state index contributed by atoms with van der Waals surface area (Å²) in [5.41, 5.74) is 9.00. The highest BCUT2D eigenvalue weighted by molar-refractivity contribution is 6.05. The third kappa shape index (κ3) is 1.59. The van der Waals surface area contributed by atoms with E-state index in [2.05, 4.69) is 0 Å². The van der Waals surface area contributed by atoms with Gasteiger partial charge in [-0.3, -0.25) is 0 Å². The number of ether oxygens (including phenoxy) is 1. The second-order valence-corrected chi connectivity index (χ2v) is 6.12. The number of nitrogens with two attached hydrogens (primary N) is 1. The van der Waals surface area contributed by atoms with Crippen molar-refractivity contribution < 1.29 is 13.6 Å². The minimum Gasteiger partial charge on any atom is -0.492 e. The van der Waals surface area contributed by atoms with Gasteiger partial charge in [0.15, 0.2) is 11.3 Å². The van der Waals surface area contributed by atoms with Crippen LogP contribution in [0.1, 0.15) is 36.3 Å². The van der Waals surface area contributed by atoms with Crippen LogP contribution in [-0.2, 0) is 5.54 Å². The smallest absolute Gasteiger partial charge is 0.177 e. The summed E-state index contributed by atoms with van der Waals surface area (Å²) in [4.78, 5) is 0. The van der Waals surface area contributed by atoms with Crippen LogP contribution in [0.15, 0.2) is 21.0 Å². The molecule has 4 heteroatoms. The van der Waals surface area contributed by atoms with Gasteiger partial charge in [0.1, 0.15) is 17.1 Å². The van der Waals surface area contributed by atoms with Gasteiger partial charge in [0, 0.05) is 16.5 Å². The molecule has 2 heterocycles. The van der Waals surface area contributed by atoms with Crippen molar-refractivity contribution in [2.45, 2.75) is 38.6 Å². The molecule has 1 aliphatic rings. The zero-order chi connectivity index (χ0) is 14.8. The van der Waals surface area contributed by atoms with Crippen LogP contribution in [0.4, 0.5) is 0 Å². The number of hydrogen-bond acceptors (Lipinski definition) is 4. The van der Waals surface area contributed by atoms with Crippen LogP contribution < -0.4 is 10.5 Å². The van der Waals surface area contributed by atoms with E-state index in [1.54, 1.807) is 7.11 Å². The highest BCUT2D eigenvalue weighted by Gasteiger charge is 2.40. The SMILES string of the molecule is COc1c2cc(C)oc2c(C2(N)CCC2)c2cc(C)oc12. The van der Waals surface area contributed by atoms with Gasteiger partial charge in [-0.05, 0) is 45.2 Å². The molecule has 1 fully saturated rings. The minimum absolute atomic E-state index is 0.316. The van der Waals surface area contributed by atoms with Crippen molar-refractivity contribution in [2.24, 2.45) is 5.73 Å². The van der Waals surface area contributed by atoms with Gasteiger partial charge in [-0.2, -0.15) is 0 Å². The summed E-state index contributed by atoms with van der Waals surface area (Å²) in [6.07, 6.45) is 3.11. The highest BCUT2D eigenvalue weighted by atomic mass is 16.5. The van der Waals surface area contributed by atoms with E-state index >= 15 is 0 Å². The second-order valence-electron chi connectivity index (χ2n) is 6.12. The van der Waals surface area contributed by atoms with Crippen LogP contribution in [0, 0.1) is 13.8 Å². The first kappa shape index (κ1) is 12.8. The molecule has 0 spiro atoms. The summed E-state index contributed by atoms with van der Waals surface area (Å²) in [5, 5.41) is 1.97. The molecule has 1 aromatic carbocycles. The van der Waals surface area contributed by atoms with Crippen LogP contribution in [0.3, 0.4) is 0 Å². The van der Waals surface area contributed by atoms with Crippen LogP contribution in [0.25, 0.3) is 21.9 Å². The lowest BCUT2D eigenvalue weighted by molar-refractivity contribution is 0.255. The van der Waals surface area contributed by atoms with Crippen molar-refractivity contribution in [3.63, 3.8) is 0 Å². The fourth-order valence-corrected chi connectivity index (χ4v) is 3.49. The lowest BCUT2D eigenvalue weighted by Crippen LogP contribution is -2.43. The molecule has 0 saturated heterocycles. The van der Waals surface area contributed by atoms with Crippen LogP contribution >= 0.6 is 0 Å². The van der Waals surface area contributed by atoms with E-state index in [4.69, 9.17) is 19.3 Å². The molecule has 4 nitrogen and oxygen atoms in total. The molecular formula is C17H19NO3. The Kier molecular flexibility index (Phi) is 2.46. The van der Waals surface area contributed by atoms with Crippen molar-refractivity contribution in [3.05, 3.63) is 29.2 Å². The molecule has 21 heavy (non-hydrogen) atoms. The molecule has 0 aliphatic heterocycles. The Morgan fingerprint density at radius 3 is 2.24 bits per heavy atom. The number of rotatable bonds is 2. The van der Waals surface area contributed by atoms with Gasteiger partial charge in [-0.1, -0.05) is 0 Å². The van der Waals surface area contributed by atoms with Gasteiger partial charge < -0.3 is 19.3 Å². The molecule has 1 aliphatic carbocycles. The predicted molar refractivity (Wildman–Crippen MR) is 81.7 cm³/mol. The molecule has 1 saturated carbocycles. The van der Waals surface area contributed by atoms with Gasteiger partial charge in [0.25, 0.3) is 0 Å². The summed E-state index contributed by atoms with van der Waals surface area (Å²) in [7, 11) is 1.66. The average molecular weight is 285 g/mol. The monoisotopic (exact) mass is 285 g/mol. The minimum atomic E-state index is -0.316. The van der Waals surface area contributed by atoms with Crippen LogP contribution in [0.2, 0.25) is 0 Å². The molecule has 110 valence electrons. The highest BCUT2D eigenvalue weighted by Crippen LogP contribution is 2.49. The van der Waals surface area contributed by atoms with E-state index in [0.29, 0.717) is 0 Å². The Hall–Kier alpha value is -1.94. The Morgan fingerprint density at radius 2 is 1.67 bits per heavy atom. The Balaban J connectivity index is 2.22. The lowest BCUT2D eigenvalue weighted by Gasteiger charge is -2.38. The average Bonchev–Trinajstić information content (AvgIpc) is 2.94. The van der Waals surface area contributed by atoms with Crippen molar-refractivity contribution in [1.82, 2.24) is 0 Å². The summed E-state index contributed by atoms with van der Waals surface area (Å²) < 4.78 is 17.5. The number of furan rings is 2. The number of hydrogen-bond donors (Lipinski definition) is 1. The zero-order valence-electron chi connectivity index (χ0n) is 12.6. The number of methoxy groups -OCH3 is 1. The first-order valence-electron chi connectivity index (χ1n) is 7.33. The Bertz CT molecular complexity index is 794. The normalized spacial score (nSPS) is 17.3. The van der Waals surface area contributed by atoms with E-state index < -0.39 is 0 Å². The maximum absolute atomic E-state index is 6.62. The fourth-order valence-electron chi connectivity index (χ4n) is 3.49. The maximum Gasteiger partial charge on any atom is 0.177 e. The summed E-state index contributed by atoms with van der Waals surface area (Å²) >= 11 is 0. The van der Waals surface area contributed by atoms with Crippen LogP contribution in [-0.4, -0.2) is 7.11 Å². The number of fused-ring (bicyclic) bond motifs is 2. The number of aryl methyl sites for hydroxylation is 2. The Labute approximate surface area is 122 Å². The van der Waals surface area contributed by atoms with E-state index in [1.165, 1.54) is 0 Å². The Morgan fingerprint density at radius 1 is 1.05 bits per heavy atom. The van der Waals surface area contributed by atoms with Crippen molar-refractivity contribution in [2.75, 3.05) is 7.11 Å². The fraction of sp³-hybridized carbons (Fsp3) is 0.412. The van der Waals surface area contributed by atoms with E-state index in [0.717, 1.165) is 64.0 Å². The van der Waals surface area contributed by atoms with Crippen LogP contribution in [0.5, 0.6) is 5.75 Å². The second kappa shape index (κ2) is 4.04. The molecule has 0 radical (unpaired) electrons. The molecule has 3 aromatic rings. The molecule has 0 bridgehead atoms. The third-order valence-corrected chi connectivity index (χ3v) is 4.61. The summed E-state index contributed by atoms with van der Waals surface area (Å²) in [5.74, 6) is 2.45. The molecule has 2 N–H and O–H groups in total. The van der Waals surface area contributed by atoms with Crippen molar-refractivity contribution in [1.29, 1.82) is 0 Å². The molecular weight excluding hydrogens is 266 g/mol. The van der Waals surface area contributed by atoms with E-state index in [-0.39, 0.29) is 5.54 Å². The van der Waals surface area contributed by atoms with Crippen molar-refractivity contribution in [3.8, 4) is 5.75 Å². The van der Waals surface area contributed by atoms with E-state index in [9.17, 15) is 0 Å². The standard InChI is InChI=1S/C17H19NO3/c1-9-7-11-13(17(18)5-4-6-17)14-12(8-10(2)20-14)15(19-3)16(11)21-9/h7-8H,4-6,18H2,1-3H3. The predicted octanol–water partition coefficient (Wildman–Crippen LogP) is 4.14. The molecule has 0 amide bonds. The van der Waals surface area contributed by atoms with Gasteiger partial charge >= 0.3 is 0 Å². The van der Waals surface area contributed by atoms with Gasteiger partial charge in [0.05, 0.1) is 12.5 Å². The third-order valence-electron chi connectivity index (χ3n) is 4.61. The van der Waals surface area contributed by atoms with Gasteiger partial charge in [0.2, 0.25) is 0 Å². The zero-order valence-corrected chi connectivity index (χ0v) is 12.6. The lowest BCUT2D eigenvalue weighted by atomic mass is 9.71. The first-order valence-corrected chi connectivity index (χ1v) is 7.33. The maximum atomic E-state index is 6.62. The van der Waals surface area contributed by atoms with Gasteiger partial charge in [-0.15, -0.1) is 0 Å².